The van der Waals surface area contributed by atoms with Crippen LogP contribution in [0.4, 0.5) is 26.3 Å². The van der Waals surface area contributed by atoms with E-state index in [1.165, 1.54) is 6.92 Å². The molecular weight excluding hydrogens is 478 g/mol. The van der Waals surface area contributed by atoms with Crippen molar-refractivity contribution in [2.24, 2.45) is 0 Å². The molecule has 0 unspecified atom stereocenters. The van der Waals surface area contributed by atoms with Gasteiger partial charge < -0.3 is 0 Å². The summed E-state index contributed by atoms with van der Waals surface area (Å²) in [4.78, 5) is 0. The molecule has 8 heteroatoms. The van der Waals surface area contributed by atoms with Crippen LogP contribution in [0.5, 0.6) is 0 Å². The molecule has 0 radical (unpaired) electrons. The third-order valence-electron chi connectivity index (χ3n) is 3.33. The largest absolute Gasteiger partial charge is 0.468 e. The number of hydrogen-bond acceptors (Lipinski definition) is 0. The number of rotatable bonds is 0. The first-order valence-electron chi connectivity index (χ1n) is 6.82. The highest BCUT2D eigenvalue weighted by Gasteiger charge is 2.53. The van der Waals surface area contributed by atoms with Crippen LogP contribution in [-0.4, -0.2) is 12.4 Å². The Kier molecular flexibility index (Phi) is 5.47. The average molecular weight is 488 g/mol. The maximum atomic E-state index is 13.3. The first kappa shape index (κ1) is 20.1. The summed E-state index contributed by atoms with van der Waals surface area (Å²) < 4.78 is 80.7. The fraction of sp³-hybridized carbons (Fsp3) is 0.235. The smallest absolute Gasteiger partial charge is 0.156 e. The first-order valence-corrected chi connectivity index (χ1v) is 8.41. The van der Waals surface area contributed by atoms with Crippen molar-refractivity contribution in [2.45, 2.75) is 26.2 Å². The number of hydrogen-bond donors (Lipinski definition) is 0. The molecule has 0 amide bonds. The van der Waals surface area contributed by atoms with Crippen LogP contribution in [0, 0.1) is 11.8 Å². The van der Waals surface area contributed by atoms with Crippen molar-refractivity contribution in [3.63, 3.8) is 0 Å². The van der Waals surface area contributed by atoms with E-state index >= 15 is 0 Å². The Labute approximate surface area is 157 Å². The highest BCUT2D eigenvalue weighted by atomic mass is 79.9. The molecule has 2 aliphatic rings. The van der Waals surface area contributed by atoms with E-state index in [2.05, 4.69) is 37.6 Å². The van der Waals surface area contributed by atoms with Crippen molar-refractivity contribution in [3.05, 3.63) is 73.1 Å². The van der Waals surface area contributed by atoms with Gasteiger partial charge in [-0.15, -0.1) is 31.9 Å². The molecule has 0 aromatic rings. The lowest BCUT2D eigenvalue weighted by atomic mass is 9.86. The van der Waals surface area contributed by atoms with Crippen molar-refractivity contribution >= 4 is 31.9 Å². The summed E-state index contributed by atoms with van der Waals surface area (Å²) in [6, 6.07) is 0. The van der Waals surface area contributed by atoms with Crippen LogP contribution < -0.4 is 0 Å². The van der Waals surface area contributed by atoms with Gasteiger partial charge in [-0.2, -0.15) is 44.4 Å². The molecular formula is C17H10Br2F6. The summed E-state index contributed by atoms with van der Waals surface area (Å²) in [7, 11) is 0. The molecule has 134 valence electrons. The van der Waals surface area contributed by atoms with Crippen molar-refractivity contribution < 1.29 is 26.3 Å². The van der Waals surface area contributed by atoms with Gasteiger partial charge in [-0.1, -0.05) is 27.2 Å². The van der Waals surface area contributed by atoms with Gasteiger partial charge in [0.1, 0.15) is 5.57 Å². The van der Waals surface area contributed by atoms with Crippen molar-refractivity contribution in [1.82, 2.24) is 0 Å². The van der Waals surface area contributed by atoms with Crippen LogP contribution in [0.2, 0.25) is 0 Å². The van der Waals surface area contributed by atoms with E-state index in [1.54, 1.807) is 19.1 Å². The molecule has 0 aromatic heterocycles. The molecule has 0 spiro atoms. The number of halogens is 8. The quantitative estimate of drug-likeness (QED) is 0.193. The van der Waals surface area contributed by atoms with Gasteiger partial charge in [-0.25, -0.2) is 0 Å². The summed E-state index contributed by atoms with van der Waals surface area (Å²) in [5.41, 5.74) is -1.40. The zero-order valence-electron chi connectivity index (χ0n) is 12.8. The zero-order valence-corrected chi connectivity index (χ0v) is 16.0. The molecule has 0 nitrogen and oxygen atoms in total. The van der Waals surface area contributed by atoms with Gasteiger partial charge in [-0.3, -0.25) is 0 Å². The second kappa shape index (κ2) is 6.82. The first-order chi connectivity index (χ1) is 11.3. The van der Waals surface area contributed by atoms with E-state index in [-0.39, 0.29) is 11.5 Å². The predicted octanol–water partition coefficient (Wildman–Crippen LogP) is 7.19. The highest BCUT2D eigenvalue weighted by molar-refractivity contribution is 9.12. The Balaban J connectivity index is 2.82. The zero-order chi connectivity index (χ0) is 19.2. The van der Waals surface area contributed by atoms with E-state index < -0.39 is 29.1 Å². The molecule has 0 heterocycles. The Morgan fingerprint density at radius 3 is 1.64 bits per heavy atom. The van der Waals surface area contributed by atoms with Crippen LogP contribution in [0.15, 0.2) is 61.3 Å². The van der Waals surface area contributed by atoms with Crippen LogP contribution in [0.3, 0.4) is 0 Å². The van der Waals surface area contributed by atoms with Crippen LogP contribution in [-0.2, 0) is 0 Å². The maximum Gasteiger partial charge on any atom is 0.468 e. The van der Waals surface area contributed by atoms with Crippen molar-refractivity contribution in [1.29, 1.82) is 0 Å². The molecule has 0 saturated carbocycles. The molecule has 0 aliphatic heterocycles. The third kappa shape index (κ3) is 4.49. The minimum Gasteiger partial charge on any atom is -0.156 e. The number of allylic oxidation sites excluding steroid dienone is 9. The Morgan fingerprint density at radius 2 is 1.28 bits per heavy atom. The summed E-state index contributed by atoms with van der Waals surface area (Å²) in [5.74, 6) is 0.646. The molecule has 0 atom stereocenters. The Hall–Kier alpha value is -1.24. The van der Waals surface area contributed by atoms with Gasteiger partial charge in [0.15, 0.2) is 11.1 Å². The number of alkyl halides is 6. The van der Waals surface area contributed by atoms with Gasteiger partial charge >= 0.3 is 12.4 Å². The van der Waals surface area contributed by atoms with E-state index in [4.69, 9.17) is 0 Å². The minimum absolute atomic E-state index is 0.0745. The lowest BCUT2D eigenvalue weighted by Crippen LogP contribution is -2.24. The second-order valence-corrected chi connectivity index (χ2v) is 7.17. The van der Waals surface area contributed by atoms with Crippen LogP contribution in [0.25, 0.3) is 0 Å². The minimum atomic E-state index is -4.95. The average Bonchev–Trinajstić information content (AvgIpc) is 2.41. The van der Waals surface area contributed by atoms with Gasteiger partial charge in [0.2, 0.25) is 0 Å². The molecule has 25 heavy (non-hydrogen) atoms. The fourth-order valence-electron chi connectivity index (χ4n) is 2.31. The highest BCUT2D eigenvalue weighted by Crippen LogP contribution is 2.46. The summed E-state index contributed by atoms with van der Waals surface area (Å²) in [6.07, 6.45) is -5.35. The predicted molar refractivity (Wildman–Crippen MR) is 90.7 cm³/mol. The topological polar surface area (TPSA) is 0 Å². The summed E-state index contributed by atoms with van der Waals surface area (Å²) >= 11 is 6.33. The molecule has 0 N–H and O–H groups in total. The van der Waals surface area contributed by atoms with Crippen molar-refractivity contribution in [2.75, 3.05) is 0 Å². The summed E-state index contributed by atoms with van der Waals surface area (Å²) in [5, 5.41) is 0. The maximum absolute atomic E-state index is 13.3. The molecule has 0 aromatic carbocycles. The van der Waals surface area contributed by atoms with Crippen LogP contribution >= 0.6 is 31.9 Å². The van der Waals surface area contributed by atoms with Gasteiger partial charge in [0.25, 0.3) is 0 Å². The van der Waals surface area contributed by atoms with E-state index in [9.17, 15) is 26.3 Å². The lowest BCUT2D eigenvalue weighted by Gasteiger charge is -2.24. The molecule has 0 saturated heterocycles. The van der Waals surface area contributed by atoms with Crippen molar-refractivity contribution in [3.8, 4) is 0 Å². The molecule has 0 bridgehead atoms. The Bertz CT molecular complexity index is 712. The third-order valence-corrected chi connectivity index (χ3v) is 4.58. The van der Waals surface area contributed by atoms with Crippen LogP contribution in [0.1, 0.15) is 13.8 Å². The molecule has 0 fully saturated rings. The van der Waals surface area contributed by atoms with Gasteiger partial charge in [0.05, 0.1) is 18.1 Å². The van der Waals surface area contributed by atoms with E-state index in [0.717, 1.165) is 5.92 Å². The van der Waals surface area contributed by atoms with Gasteiger partial charge in [0, 0.05) is 6.92 Å². The molecule has 2 aliphatic carbocycles. The summed E-state index contributed by atoms with van der Waals surface area (Å²) in [6.45, 7) is 2.93. The van der Waals surface area contributed by atoms with E-state index in [0.29, 0.717) is 21.1 Å². The monoisotopic (exact) mass is 486 g/mol. The van der Waals surface area contributed by atoms with E-state index in [1.807, 2.05) is 0 Å². The fourth-order valence-corrected chi connectivity index (χ4v) is 3.93. The Morgan fingerprint density at radius 1 is 0.880 bits per heavy atom. The lowest BCUT2D eigenvalue weighted by molar-refractivity contribution is -0.0978. The SMILES string of the molecule is C[C+]1C=C(C(F)(F)F)C(=C=C2C(Br)=C[C-](C)C=C2Br)C(C(F)(F)F)=C1. The standard InChI is InChI=1S/C17H10Br2F6/c1-8-3-12(16(20,21)22)10(13(4-8)17(23,24)25)7-11-14(18)5-9(2)6-15(11)19/h3-6H,1-2H3. The second-order valence-electron chi connectivity index (χ2n) is 5.46. The normalized spacial score (nSPS) is 19.3. The van der Waals surface area contributed by atoms with Gasteiger partial charge in [-0.05, 0) is 0 Å². The molecule has 2 rings (SSSR count).